The number of rotatable bonds is 2. The Labute approximate surface area is 94.0 Å². The predicted octanol–water partition coefficient (Wildman–Crippen LogP) is 1.43. The van der Waals surface area contributed by atoms with Crippen LogP contribution in [0.3, 0.4) is 0 Å². The average Bonchev–Trinajstić information content (AvgIpc) is 2.29. The third-order valence-electron chi connectivity index (χ3n) is 1.69. The van der Waals surface area contributed by atoms with Gasteiger partial charge in [-0.2, -0.15) is 0 Å². The summed E-state index contributed by atoms with van der Waals surface area (Å²) in [4.78, 5) is 19.8. The van der Waals surface area contributed by atoms with Crippen LogP contribution in [0.5, 0.6) is 5.75 Å². The summed E-state index contributed by atoms with van der Waals surface area (Å²) in [6.07, 6.45) is 0.750. The zero-order valence-electron chi connectivity index (χ0n) is 9.48. The van der Waals surface area contributed by atoms with Crippen LogP contribution in [-0.2, 0) is 9.53 Å². The van der Waals surface area contributed by atoms with Crippen molar-refractivity contribution in [1.82, 2.24) is 0 Å². The lowest BCUT2D eigenvalue weighted by molar-refractivity contribution is -0.106. The summed E-state index contributed by atoms with van der Waals surface area (Å²) in [6, 6.07) is 4.66. The van der Waals surface area contributed by atoms with E-state index in [9.17, 15) is 9.90 Å². The highest BCUT2D eigenvalue weighted by Crippen LogP contribution is 2.21. The second-order valence-electron chi connectivity index (χ2n) is 2.71. The normalized spacial score (nSPS) is 8.44. The fourth-order valence-electron chi connectivity index (χ4n) is 0.970. The van der Waals surface area contributed by atoms with E-state index in [1.807, 2.05) is 0 Å². The molecule has 0 heterocycles. The monoisotopic (exact) mass is 225 g/mol. The van der Waals surface area contributed by atoms with E-state index in [-0.39, 0.29) is 11.3 Å². The molecular weight excluding hydrogens is 210 g/mol. The van der Waals surface area contributed by atoms with Crippen molar-refractivity contribution in [3.8, 4) is 5.75 Å². The molecule has 0 radical (unpaired) electrons. The van der Waals surface area contributed by atoms with Crippen LogP contribution in [0, 0.1) is 0 Å². The molecule has 1 aromatic carbocycles. The molecule has 5 nitrogen and oxygen atoms in total. The van der Waals surface area contributed by atoms with Crippen molar-refractivity contribution < 1.29 is 19.4 Å². The van der Waals surface area contributed by atoms with E-state index < -0.39 is 5.97 Å². The highest BCUT2D eigenvalue weighted by atomic mass is 16.5. The first-order chi connectivity index (χ1) is 7.60. The maximum Gasteiger partial charge on any atom is 0.341 e. The molecule has 0 bridgehead atoms. The number of aldehydes is 1. The van der Waals surface area contributed by atoms with Gasteiger partial charge in [0.1, 0.15) is 17.6 Å². The third kappa shape index (κ3) is 4.00. The van der Waals surface area contributed by atoms with Crippen LogP contribution >= 0.6 is 0 Å². The van der Waals surface area contributed by atoms with Crippen molar-refractivity contribution >= 4 is 17.9 Å². The van der Waals surface area contributed by atoms with Gasteiger partial charge in [-0.25, -0.2) is 4.79 Å². The first-order valence-electron chi connectivity index (χ1n) is 4.59. The quantitative estimate of drug-likeness (QED) is 0.588. The van der Waals surface area contributed by atoms with Crippen LogP contribution in [0.4, 0.5) is 5.69 Å². The van der Waals surface area contributed by atoms with Gasteiger partial charge in [0, 0.05) is 18.8 Å². The SMILES string of the molecule is CC=O.CNc1ccc(C(=O)OC)c(O)c1. The van der Waals surface area contributed by atoms with Gasteiger partial charge in [0.05, 0.1) is 7.11 Å². The van der Waals surface area contributed by atoms with Gasteiger partial charge in [0.15, 0.2) is 0 Å². The molecule has 2 N–H and O–H groups in total. The minimum Gasteiger partial charge on any atom is -0.507 e. The van der Waals surface area contributed by atoms with E-state index in [4.69, 9.17) is 4.79 Å². The van der Waals surface area contributed by atoms with Gasteiger partial charge in [-0.05, 0) is 19.1 Å². The first-order valence-corrected chi connectivity index (χ1v) is 4.59. The number of hydrogen-bond acceptors (Lipinski definition) is 5. The molecule has 0 unspecified atom stereocenters. The molecule has 1 aromatic rings. The van der Waals surface area contributed by atoms with E-state index in [2.05, 4.69) is 10.1 Å². The minimum atomic E-state index is -0.542. The Hall–Kier alpha value is -2.04. The van der Waals surface area contributed by atoms with Gasteiger partial charge in [-0.3, -0.25) is 0 Å². The highest BCUT2D eigenvalue weighted by Gasteiger charge is 2.10. The Balaban J connectivity index is 0.000000673. The first kappa shape index (κ1) is 14.0. The van der Waals surface area contributed by atoms with Crippen LogP contribution in [0.1, 0.15) is 17.3 Å². The van der Waals surface area contributed by atoms with Crippen molar-refractivity contribution in [1.29, 1.82) is 0 Å². The van der Waals surface area contributed by atoms with E-state index in [1.165, 1.54) is 26.2 Å². The molecule has 5 heteroatoms. The second-order valence-corrected chi connectivity index (χ2v) is 2.71. The summed E-state index contributed by atoms with van der Waals surface area (Å²) < 4.78 is 4.47. The van der Waals surface area contributed by atoms with E-state index in [0.29, 0.717) is 0 Å². The zero-order valence-corrected chi connectivity index (χ0v) is 9.48. The Bertz CT molecular complexity index is 363. The molecule has 0 aliphatic rings. The lowest BCUT2D eigenvalue weighted by Gasteiger charge is -2.04. The standard InChI is InChI=1S/C9H11NO3.C2H4O/c1-10-6-3-4-7(8(11)5-6)9(12)13-2;1-2-3/h3-5,10-11H,1-2H3;2H,1H3. The number of methoxy groups -OCH3 is 1. The average molecular weight is 225 g/mol. The number of phenols is 1. The molecule has 1 rings (SSSR count). The lowest BCUT2D eigenvalue weighted by Crippen LogP contribution is -2.01. The van der Waals surface area contributed by atoms with Crippen molar-refractivity contribution in [2.45, 2.75) is 6.92 Å². The molecule has 0 saturated carbocycles. The Kier molecular flexibility index (Phi) is 6.35. The topological polar surface area (TPSA) is 75.6 Å². The molecule has 0 aliphatic carbocycles. The maximum atomic E-state index is 11.0. The molecule has 0 aromatic heterocycles. The van der Waals surface area contributed by atoms with Gasteiger partial charge < -0.3 is 20.0 Å². The largest absolute Gasteiger partial charge is 0.507 e. The summed E-state index contributed by atoms with van der Waals surface area (Å²) >= 11 is 0. The minimum absolute atomic E-state index is 0.0845. The predicted molar refractivity (Wildman–Crippen MR) is 60.7 cm³/mol. The number of carbonyl (C=O) groups is 2. The fraction of sp³-hybridized carbons (Fsp3) is 0.273. The summed E-state index contributed by atoms with van der Waals surface area (Å²) in [7, 11) is 3.00. The number of nitrogens with one attached hydrogen (secondary N) is 1. The van der Waals surface area contributed by atoms with Gasteiger partial charge >= 0.3 is 5.97 Å². The van der Waals surface area contributed by atoms with E-state index in [1.54, 1.807) is 13.1 Å². The van der Waals surface area contributed by atoms with Gasteiger partial charge in [0.2, 0.25) is 0 Å². The van der Waals surface area contributed by atoms with Crippen molar-refractivity contribution in [3.05, 3.63) is 23.8 Å². The molecular formula is C11H15NO4. The molecule has 88 valence electrons. The Morgan fingerprint density at radius 1 is 1.50 bits per heavy atom. The molecule has 0 amide bonds. The number of hydrogen-bond donors (Lipinski definition) is 2. The summed E-state index contributed by atoms with van der Waals surface area (Å²) in [5.74, 6) is -0.626. The smallest absolute Gasteiger partial charge is 0.341 e. The fourth-order valence-corrected chi connectivity index (χ4v) is 0.970. The number of benzene rings is 1. The van der Waals surface area contributed by atoms with E-state index in [0.717, 1.165) is 12.0 Å². The maximum absolute atomic E-state index is 11.0. The number of esters is 1. The van der Waals surface area contributed by atoms with Crippen LogP contribution in [0.25, 0.3) is 0 Å². The number of phenolic OH excluding ortho intramolecular Hbond substituents is 1. The number of aromatic hydroxyl groups is 1. The van der Waals surface area contributed by atoms with Crippen molar-refractivity contribution in [3.63, 3.8) is 0 Å². The lowest BCUT2D eigenvalue weighted by atomic mass is 10.2. The van der Waals surface area contributed by atoms with Crippen LogP contribution < -0.4 is 5.32 Å². The number of anilines is 1. The van der Waals surface area contributed by atoms with Crippen LogP contribution in [-0.4, -0.2) is 31.5 Å². The zero-order chi connectivity index (χ0) is 12.6. The molecule has 0 saturated heterocycles. The molecule has 0 spiro atoms. The van der Waals surface area contributed by atoms with Crippen molar-refractivity contribution in [2.75, 3.05) is 19.5 Å². The van der Waals surface area contributed by atoms with Gasteiger partial charge in [-0.15, -0.1) is 0 Å². The molecule has 0 atom stereocenters. The number of ether oxygens (including phenoxy) is 1. The van der Waals surface area contributed by atoms with Gasteiger partial charge in [-0.1, -0.05) is 0 Å². The molecule has 16 heavy (non-hydrogen) atoms. The van der Waals surface area contributed by atoms with Gasteiger partial charge in [0.25, 0.3) is 0 Å². The molecule has 0 fully saturated rings. The Morgan fingerprint density at radius 2 is 2.06 bits per heavy atom. The van der Waals surface area contributed by atoms with E-state index >= 15 is 0 Å². The summed E-state index contributed by atoms with van der Waals surface area (Å²) in [5, 5.41) is 12.2. The van der Waals surface area contributed by atoms with Crippen molar-refractivity contribution in [2.24, 2.45) is 0 Å². The number of carbonyl (C=O) groups excluding carboxylic acids is 2. The summed E-state index contributed by atoms with van der Waals surface area (Å²) in [5.41, 5.74) is 0.909. The van der Waals surface area contributed by atoms with Crippen LogP contribution in [0.2, 0.25) is 0 Å². The third-order valence-corrected chi connectivity index (χ3v) is 1.69. The highest BCUT2D eigenvalue weighted by molar-refractivity contribution is 5.92. The second kappa shape index (κ2) is 7.28. The Morgan fingerprint density at radius 3 is 2.44 bits per heavy atom. The summed E-state index contributed by atoms with van der Waals surface area (Å²) in [6.45, 7) is 1.44. The molecule has 0 aliphatic heterocycles. The van der Waals surface area contributed by atoms with Crippen LogP contribution in [0.15, 0.2) is 18.2 Å².